The quantitative estimate of drug-likeness (QED) is 0.681. The van der Waals surface area contributed by atoms with E-state index in [1.54, 1.807) is 0 Å². The molecule has 1 unspecified atom stereocenters. The van der Waals surface area contributed by atoms with Gasteiger partial charge >= 0.3 is 6.09 Å². The van der Waals surface area contributed by atoms with Crippen molar-refractivity contribution in [3.63, 3.8) is 0 Å². The monoisotopic (exact) mass is 360 g/mol. The molecule has 0 aromatic heterocycles. The molecule has 4 N–H and O–H groups in total. The number of nitrogens with two attached hydrogens (primary N) is 1. The van der Waals surface area contributed by atoms with Crippen LogP contribution in [-0.4, -0.2) is 36.0 Å². The molecule has 1 fully saturated rings. The topological polar surface area (TPSA) is 84.6 Å². The maximum atomic E-state index is 11.8. The fraction of sp³-hybridized carbons (Fsp3) is 0.667. The van der Waals surface area contributed by atoms with Crippen molar-refractivity contribution >= 4 is 6.09 Å². The normalized spacial score (nSPS) is 27.8. The molecule has 0 spiro atoms. The fourth-order valence-corrected chi connectivity index (χ4v) is 4.24. The summed E-state index contributed by atoms with van der Waals surface area (Å²) < 4.78 is 5.57. The van der Waals surface area contributed by atoms with E-state index in [1.807, 2.05) is 0 Å². The largest absolute Gasteiger partial charge is 0.446 e. The van der Waals surface area contributed by atoms with Crippen LogP contribution >= 0.6 is 0 Å². The summed E-state index contributed by atoms with van der Waals surface area (Å²) in [6.07, 6.45) is 7.09. The third-order valence-corrected chi connectivity index (χ3v) is 5.92. The molecule has 2 aliphatic rings. The van der Waals surface area contributed by atoms with E-state index in [0.717, 1.165) is 51.4 Å². The summed E-state index contributed by atoms with van der Waals surface area (Å²) in [5.74, 6) is 0.441. The minimum Gasteiger partial charge on any atom is -0.446 e. The van der Waals surface area contributed by atoms with E-state index < -0.39 is 5.54 Å². The zero-order valence-electron chi connectivity index (χ0n) is 15.8. The number of fused-ring (bicyclic) bond motifs is 1. The van der Waals surface area contributed by atoms with Crippen molar-refractivity contribution in [2.45, 2.75) is 75.9 Å². The van der Waals surface area contributed by atoms with Crippen molar-refractivity contribution in [2.24, 2.45) is 5.73 Å². The molecule has 0 saturated heterocycles. The van der Waals surface area contributed by atoms with E-state index >= 15 is 0 Å². The highest BCUT2D eigenvalue weighted by Gasteiger charge is 2.36. The average Bonchev–Trinajstić information content (AvgIpc) is 3.04. The van der Waals surface area contributed by atoms with Gasteiger partial charge in [-0.3, -0.25) is 0 Å². The molecule has 1 aromatic rings. The van der Waals surface area contributed by atoms with Crippen molar-refractivity contribution in [1.29, 1.82) is 0 Å². The average molecular weight is 360 g/mol. The van der Waals surface area contributed by atoms with E-state index in [1.165, 1.54) is 16.7 Å². The van der Waals surface area contributed by atoms with Crippen molar-refractivity contribution in [1.82, 2.24) is 5.32 Å². The molecule has 1 saturated carbocycles. The first kappa shape index (κ1) is 19.2. The minimum absolute atomic E-state index is 0.0347. The molecular weight excluding hydrogens is 328 g/mol. The van der Waals surface area contributed by atoms with E-state index in [0.29, 0.717) is 12.5 Å². The molecule has 144 valence electrons. The Morgan fingerprint density at radius 3 is 2.96 bits per heavy atom. The third-order valence-electron chi connectivity index (χ3n) is 5.92. The zero-order valence-corrected chi connectivity index (χ0v) is 15.8. The summed E-state index contributed by atoms with van der Waals surface area (Å²) in [6, 6.07) is 6.68. The first-order valence-corrected chi connectivity index (χ1v) is 9.99. The van der Waals surface area contributed by atoms with Gasteiger partial charge in [-0.2, -0.15) is 0 Å². The lowest BCUT2D eigenvalue weighted by Gasteiger charge is -2.26. The molecule has 26 heavy (non-hydrogen) atoms. The van der Waals surface area contributed by atoms with Crippen LogP contribution < -0.4 is 11.1 Å². The zero-order chi connectivity index (χ0) is 18.6. The summed E-state index contributed by atoms with van der Waals surface area (Å²) in [7, 11) is 0. The molecule has 0 heterocycles. The minimum atomic E-state index is -0.412. The van der Waals surface area contributed by atoms with Gasteiger partial charge in [0.1, 0.15) is 6.10 Å². The number of alkyl carbamates (subject to hydrolysis) is 1. The number of nitrogens with one attached hydrogen (secondary N) is 1. The van der Waals surface area contributed by atoms with Crippen molar-refractivity contribution < 1.29 is 14.6 Å². The van der Waals surface area contributed by atoms with Gasteiger partial charge in [-0.15, -0.1) is 0 Å². The van der Waals surface area contributed by atoms with Gasteiger partial charge in [-0.1, -0.05) is 31.5 Å². The highest BCUT2D eigenvalue weighted by molar-refractivity contribution is 5.67. The number of hydrogen-bond acceptors (Lipinski definition) is 4. The summed E-state index contributed by atoms with van der Waals surface area (Å²) in [4.78, 5) is 11.8. The Morgan fingerprint density at radius 1 is 1.38 bits per heavy atom. The second-order valence-electron chi connectivity index (χ2n) is 8.04. The highest BCUT2D eigenvalue weighted by atomic mass is 16.6. The molecule has 5 nitrogen and oxygen atoms in total. The maximum absolute atomic E-state index is 11.8. The Hall–Kier alpha value is -1.59. The van der Waals surface area contributed by atoms with Gasteiger partial charge in [-0.05, 0) is 61.1 Å². The molecule has 0 aliphatic heterocycles. The molecule has 0 bridgehead atoms. The SMILES string of the molecule is CCCCNC(=O)OC1CCc2cc([C@H]3CC[C@@](N)(CO)C3)ccc2C1. The lowest BCUT2D eigenvalue weighted by Crippen LogP contribution is -2.40. The lowest BCUT2D eigenvalue weighted by atomic mass is 9.85. The molecule has 1 aromatic carbocycles. The number of rotatable bonds is 6. The molecule has 3 atom stereocenters. The van der Waals surface area contributed by atoms with Crippen LogP contribution in [0.2, 0.25) is 0 Å². The molecule has 2 aliphatic carbocycles. The van der Waals surface area contributed by atoms with Crippen LogP contribution in [-0.2, 0) is 17.6 Å². The Kier molecular flexibility index (Phi) is 6.20. The highest BCUT2D eigenvalue weighted by Crippen LogP contribution is 2.40. The fourth-order valence-electron chi connectivity index (χ4n) is 4.24. The predicted molar refractivity (Wildman–Crippen MR) is 102 cm³/mol. The number of benzene rings is 1. The predicted octanol–water partition coefficient (Wildman–Crippen LogP) is 3.03. The van der Waals surface area contributed by atoms with Gasteiger partial charge in [0.25, 0.3) is 0 Å². The number of unbranched alkanes of at least 4 members (excludes halogenated alkanes) is 1. The number of aryl methyl sites for hydroxylation is 1. The van der Waals surface area contributed by atoms with Crippen molar-refractivity contribution in [3.05, 3.63) is 34.9 Å². The Balaban J connectivity index is 1.57. The molecular formula is C21H32N2O3. The number of amides is 1. The van der Waals surface area contributed by atoms with Gasteiger partial charge < -0.3 is 20.9 Å². The lowest BCUT2D eigenvalue weighted by molar-refractivity contribution is 0.0895. The number of carbonyl (C=O) groups excluding carboxylic acids is 1. The standard InChI is InChI=1S/C21H32N2O3/c1-2-3-10-23-20(25)26-19-7-6-15-11-16(4-5-17(15)12-19)18-8-9-21(22,13-18)14-24/h4-5,11,18-19,24H,2-3,6-10,12-14,22H2,1H3,(H,23,25)/t18-,19?,21-/m0/s1. The third kappa shape index (κ3) is 4.57. The van der Waals surface area contributed by atoms with Gasteiger partial charge in [0, 0.05) is 18.5 Å². The second kappa shape index (κ2) is 8.40. The molecule has 5 heteroatoms. The smallest absolute Gasteiger partial charge is 0.407 e. The van der Waals surface area contributed by atoms with Crippen molar-refractivity contribution in [3.8, 4) is 0 Å². The molecule has 3 rings (SSSR count). The number of aliphatic hydroxyl groups excluding tert-OH is 1. The summed E-state index contributed by atoms with van der Waals surface area (Å²) in [5.41, 5.74) is 9.80. The van der Waals surface area contributed by atoms with Crippen LogP contribution in [0.4, 0.5) is 4.79 Å². The van der Waals surface area contributed by atoms with Crippen LogP contribution in [0.15, 0.2) is 18.2 Å². The Labute approximate surface area is 156 Å². The van der Waals surface area contributed by atoms with Gasteiger partial charge in [0.2, 0.25) is 0 Å². The van der Waals surface area contributed by atoms with Gasteiger partial charge in [0.15, 0.2) is 0 Å². The maximum Gasteiger partial charge on any atom is 0.407 e. The van der Waals surface area contributed by atoms with Crippen LogP contribution in [0.1, 0.15) is 68.1 Å². The van der Waals surface area contributed by atoms with Gasteiger partial charge in [-0.25, -0.2) is 4.79 Å². The van der Waals surface area contributed by atoms with Crippen LogP contribution in [0.5, 0.6) is 0 Å². The van der Waals surface area contributed by atoms with E-state index in [4.69, 9.17) is 10.5 Å². The first-order chi connectivity index (χ1) is 12.5. The van der Waals surface area contributed by atoms with Crippen LogP contribution in [0.25, 0.3) is 0 Å². The number of aliphatic hydroxyl groups is 1. The summed E-state index contributed by atoms with van der Waals surface area (Å²) in [6.45, 7) is 2.84. The Morgan fingerprint density at radius 2 is 2.23 bits per heavy atom. The van der Waals surface area contributed by atoms with Crippen LogP contribution in [0, 0.1) is 0 Å². The second-order valence-corrected chi connectivity index (χ2v) is 8.04. The Bertz CT molecular complexity index is 634. The summed E-state index contributed by atoms with van der Waals surface area (Å²) >= 11 is 0. The number of carbonyl (C=O) groups is 1. The van der Waals surface area contributed by atoms with E-state index in [2.05, 4.69) is 30.4 Å². The van der Waals surface area contributed by atoms with Crippen LogP contribution in [0.3, 0.4) is 0 Å². The number of hydrogen-bond donors (Lipinski definition) is 3. The van der Waals surface area contributed by atoms with E-state index in [9.17, 15) is 9.90 Å². The molecule has 1 amide bonds. The van der Waals surface area contributed by atoms with Crippen molar-refractivity contribution in [2.75, 3.05) is 13.2 Å². The number of ether oxygens (including phenoxy) is 1. The van der Waals surface area contributed by atoms with Gasteiger partial charge in [0.05, 0.1) is 6.61 Å². The molecule has 0 radical (unpaired) electrons. The van der Waals surface area contributed by atoms with E-state index in [-0.39, 0.29) is 18.8 Å². The summed E-state index contributed by atoms with van der Waals surface area (Å²) in [5, 5.41) is 12.3. The first-order valence-electron chi connectivity index (χ1n) is 9.99.